The summed E-state index contributed by atoms with van der Waals surface area (Å²) in [6.07, 6.45) is 0. The lowest BCUT2D eigenvalue weighted by atomic mass is 10.2. The largest absolute Gasteiger partial charge is 0.314 e. The summed E-state index contributed by atoms with van der Waals surface area (Å²) in [5.74, 6) is -0.237. The quantitative estimate of drug-likeness (QED) is 0.939. The second kappa shape index (κ2) is 5.03. The summed E-state index contributed by atoms with van der Waals surface area (Å²) in [6.45, 7) is 0.701. The monoisotopic (exact) mass is 300 g/mol. The molecule has 0 unspecified atom stereocenters. The number of thiazole rings is 1. The Morgan fingerprint density at radius 2 is 2.31 bits per heavy atom. The average Bonchev–Trinajstić information content (AvgIpc) is 2.61. The molecular weight excluding hydrogens is 291 g/mol. The molecule has 0 spiro atoms. The van der Waals surface area contributed by atoms with Crippen LogP contribution in [0.4, 0.5) is 4.39 Å². The fourth-order valence-corrected chi connectivity index (χ4v) is 2.85. The number of nitrogens with zero attached hydrogens (tertiary/aromatic N) is 1. The Kier molecular flexibility index (Phi) is 3.68. The topological polar surface area (TPSA) is 24.9 Å². The first-order valence-corrected chi connectivity index (χ1v) is 6.37. The zero-order valence-electron chi connectivity index (χ0n) is 8.63. The van der Waals surface area contributed by atoms with E-state index in [9.17, 15) is 4.39 Å². The van der Waals surface area contributed by atoms with Crippen molar-refractivity contribution in [2.45, 2.75) is 6.54 Å². The molecule has 2 aromatic rings. The molecule has 84 valence electrons. The highest BCUT2D eigenvalue weighted by Gasteiger charge is 2.10. The van der Waals surface area contributed by atoms with Crippen molar-refractivity contribution in [3.8, 4) is 10.6 Å². The van der Waals surface area contributed by atoms with Gasteiger partial charge in [-0.25, -0.2) is 9.37 Å². The smallest absolute Gasteiger partial charge is 0.124 e. The predicted molar refractivity (Wildman–Crippen MR) is 68.0 cm³/mol. The van der Waals surface area contributed by atoms with Gasteiger partial charge in [0, 0.05) is 12.1 Å². The molecule has 0 aliphatic carbocycles. The molecule has 0 atom stereocenters. The molecule has 2 nitrogen and oxygen atoms in total. The molecule has 0 fully saturated rings. The molecule has 0 amide bonds. The van der Waals surface area contributed by atoms with Crippen LogP contribution in [0.15, 0.2) is 28.1 Å². The van der Waals surface area contributed by atoms with Crippen molar-refractivity contribution < 1.29 is 4.39 Å². The standard InChI is InChI=1S/C11H10BrFN2S/c1-14-6-9-10(12)16-11(15-9)7-3-2-4-8(13)5-7/h2-5,14H,6H2,1H3. The Balaban J connectivity index is 2.37. The minimum atomic E-state index is -0.237. The number of rotatable bonds is 3. The van der Waals surface area contributed by atoms with E-state index in [1.165, 1.54) is 23.5 Å². The van der Waals surface area contributed by atoms with Crippen LogP contribution < -0.4 is 5.32 Å². The first-order valence-electron chi connectivity index (χ1n) is 4.76. The second-order valence-corrected chi connectivity index (χ2v) is 5.60. The summed E-state index contributed by atoms with van der Waals surface area (Å²) in [4.78, 5) is 4.45. The lowest BCUT2D eigenvalue weighted by molar-refractivity contribution is 0.628. The van der Waals surface area contributed by atoms with Gasteiger partial charge in [0.25, 0.3) is 0 Å². The first kappa shape index (κ1) is 11.7. The predicted octanol–water partition coefficient (Wildman–Crippen LogP) is 3.43. The van der Waals surface area contributed by atoms with Gasteiger partial charge < -0.3 is 5.32 Å². The minimum absolute atomic E-state index is 0.237. The van der Waals surface area contributed by atoms with Gasteiger partial charge in [-0.05, 0) is 35.1 Å². The third-order valence-corrected chi connectivity index (χ3v) is 3.94. The lowest BCUT2D eigenvalue weighted by Crippen LogP contribution is -2.05. The molecule has 0 radical (unpaired) electrons. The number of hydrogen-bond acceptors (Lipinski definition) is 3. The van der Waals surface area contributed by atoms with Gasteiger partial charge in [0.2, 0.25) is 0 Å². The molecule has 5 heteroatoms. The van der Waals surface area contributed by atoms with Crippen LogP contribution in [0.2, 0.25) is 0 Å². The zero-order valence-corrected chi connectivity index (χ0v) is 11.0. The highest BCUT2D eigenvalue weighted by atomic mass is 79.9. The molecular formula is C11H10BrFN2S. The van der Waals surface area contributed by atoms with Gasteiger partial charge in [0.1, 0.15) is 10.8 Å². The molecule has 0 saturated heterocycles. The second-order valence-electron chi connectivity index (χ2n) is 3.28. The zero-order chi connectivity index (χ0) is 11.5. The Hall–Kier alpha value is -0.780. The molecule has 0 saturated carbocycles. The Morgan fingerprint density at radius 1 is 1.50 bits per heavy atom. The van der Waals surface area contributed by atoms with Gasteiger partial charge in [-0.15, -0.1) is 11.3 Å². The van der Waals surface area contributed by atoms with E-state index >= 15 is 0 Å². The first-order chi connectivity index (χ1) is 7.70. The van der Waals surface area contributed by atoms with E-state index < -0.39 is 0 Å². The third-order valence-electron chi connectivity index (χ3n) is 2.07. The Labute approximate surface area is 106 Å². The third kappa shape index (κ3) is 2.48. The number of hydrogen-bond donors (Lipinski definition) is 1. The highest BCUT2D eigenvalue weighted by Crippen LogP contribution is 2.32. The van der Waals surface area contributed by atoms with Gasteiger partial charge in [0.15, 0.2) is 0 Å². The van der Waals surface area contributed by atoms with E-state index in [2.05, 4.69) is 26.2 Å². The van der Waals surface area contributed by atoms with E-state index in [4.69, 9.17) is 0 Å². The van der Waals surface area contributed by atoms with Crippen LogP contribution in [-0.2, 0) is 6.54 Å². The normalized spacial score (nSPS) is 10.7. The molecule has 1 aromatic carbocycles. The molecule has 2 rings (SSSR count). The summed E-state index contributed by atoms with van der Waals surface area (Å²) in [7, 11) is 1.87. The fourth-order valence-electron chi connectivity index (χ4n) is 1.35. The van der Waals surface area contributed by atoms with Crippen LogP contribution in [0.1, 0.15) is 5.69 Å². The molecule has 0 aliphatic rings. The van der Waals surface area contributed by atoms with Crippen LogP contribution in [0.5, 0.6) is 0 Å². The maximum Gasteiger partial charge on any atom is 0.124 e. The maximum absolute atomic E-state index is 13.1. The van der Waals surface area contributed by atoms with Gasteiger partial charge in [0.05, 0.1) is 9.48 Å². The Bertz CT molecular complexity index is 498. The molecule has 16 heavy (non-hydrogen) atoms. The molecule has 0 bridgehead atoms. The van der Waals surface area contributed by atoms with E-state index in [1.807, 2.05) is 13.1 Å². The molecule has 1 N–H and O–H groups in total. The van der Waals surface area contributed by atoms with E-state index in [0.717, 1.165) is 20.1 Å². The number of aromatic nitrogens is 1. The fraction of sp³-hybridized carbons (Fsp3) is 0.182. The van der Waals surface area contributed by atoms with Gasteiger partial charge in [-0.3, -0.25) is 0 Å². The van der Waals surface area contributed by atoms with Crippen LogP contribution in [0, 0.1) is 5.82 Å². The van der Waals surface area contributed by atoms with Crippen LogP contribution in [0.25, 0.3) is 10.6 Å². The number of halogens is 2. The van der Waals surface area contributed by atoms with Crippen molar-refractivity contribution >= 4 is 27.3 Å². The summed E-state index contributed by atoms with van der Waals surface area (Å²) < 4.78 is 14.0. The average molecular weight is 301 g/mol. The van der Waals surface area contributed by atoms with Gasteiger partial charge in [-0.2, -0.15) is 0 Å². The van der Waals surface area contributed by atoms with Crippen molar-refractivity contribution in [1.82, 2.24) is 10.3 Å². The summed E-state index contributed by atoms with van der Waals surface area (Å²) in [6, 6.07) is 6.48. The van der Waals surface area contributed by atoms with Gasteiger partial charge >= 0.3 is 0 Å². The maximum atomic E-state index is 13.1. The lowest BCUT2D eigenvalue weighted by Gasteiger charge is -1.95. The molecule has 0 aliphatic heterocycles. The van der Waals surface area contributed by atoms with Crippen LogP contribution in [-0.4, -0.2) is 12.0 Å². The van der Waals surface area contributed by atoms with Gasteiger partial charge in [-0.1, -0.05) is 12.1 Å². The van der Waals surface area contributed by atoms with Crippen molar-refractivity contribution in [2.24, 2.45) is 0 Å². The number of benzene rings is 1. The van der Waals surface area contributed by atoms with Crippen LogP contribution >= 0.6 is 27.3 Å². The Morgan fingerprint density at radius 3 is 3.00 bits per heavy atom. The van der Waals surface area contributed by atoms with E-state index in [1.54, 1.807) is 6.07 Å². The van der Waals surface area contributed by atoms with Crippen molar-refractivity contribution in [3.05, 3.63) is 39.6 Å². The summed E-state index contributed by atoms with van der Waals surface area (Å²) in [5, 5.41) is 3.87. The van der Waals surface area contributed by atoms with E-state index in [-0.39, 0.29) is 5.82 Å². The SMILES string of the molecule is CNCc1nc(-c2cccc(F)c2)sc1Br. The summed E-state index contributed by atoms with van der Waals surface area (Å²) >= 11 is 4.97. The minimum Gasteiger partial charge on any atom is -0.314 e. The molecule has 1 heterocycles. The molecule has 1 aromatic heterocycles. The van der Waals surface area contributed by atoms with Crippen molar-refractivity contribution in [1.29, 1.82) is 0 Å². The van der Waals surface area contributed by atoms with E-state index in [0.29, 0.717) is 6.54 Å². The van der Waals surface area contributed by atoms with Crippen molar-refractivity contribution in [3.63, 3.8) is 0 Å². The summed E-state index contributed by atoms with van der Waals surface area (Å²) in [5.41, 5.74) is 1.76. The highest BCUT2D eigenvalue weighted by molar-refractivity contribution is 9.11. The number of nitrogens with one attached hydrogen (secondary N) is 1. The van der Waals surface area contributed by atoms with Crippen LogP contribution in [0.3, 0.4) is 0 Å². The van der Waals surface area contributed by atoms with Crippen molar-refractivity contribution in [2.75, 3.05) is 7.05 Å².